The molecule has 102 valence electrons. The molecule has 1 rings (SSSR count). The van der Waals surface area contributed by atoms with Gasteiger partial charge in [-0.15, -0.1) is 0 Å². The van der Waals surface area contributed by atoms with E-state index in [0.717, 1.165) is 0 Å². The van der Waals surface area contributed by atoms with Gasteiger partial charge in [-0.2, -0.15) is 4.98 Å². The lowest BCUT2D eigenvalue weighted by Gasteiger charge is -2.31. The highest BCUT2D eigenvalue weighted by molar-refractivity contribution is 6.32. The normalized spacial score (nSPS) is 13.2. The van der Waals surface area contributed by atoms with Gasteiger partial charge in [0.25, 0.3) is 0 Å². The quantitative estimate of drug-likeness (QED) is 0.768. The topological polar surface area (TPSA) is 70.1 Å². The summed E-state index contributed by atoms with van der Waals surface area (Å²) >= 11 is 6.07. The summed E-state index contributed by atoms with van der Waals surface area (Å²) in [6.45, 7) is 6.44. The number of nitrogens with one attached hydrogen (secondary N) is 2. The molecule has 0 saturated carbocycles. The van der Waals surface area contributed by atoms with E-state index in [1.165, 1.54) is 0 Å². The standard InChI is InChI=1S/C12H21ClN4O/c1-12(2,3)9(5-6-18)16-10-8(13)7-15-11(14-4)17-10/h7,9,18H,5-6H2,1-4H3,(H2,14,15,16,17). The highest BCUT2D eigenvalue weighted by Crippen LogP contribution is 2.28. The summed E-state index contributed by atoms with van der Waals surface area (Å²) in [7, 11) is 1.75. The second-order valence-electron chi connectivity index (χ2n) is 5.22. The van der Waals surface area contributed by atoms with Crippen molar-refractivity contribution in [2.75, 3.05) is 24.3 Å². The van der Waals surface area contributed by atoms with Gasteiger partial charge in [-0.1, -0.05) is 32.4 Å². The summed E-state index contributed by atoms with van der Waals surface area (Å²) < 4.78 is 0. The van der Waals surface area contributed by atoms with Crippen molar-refractivity contribution in [3.05, 3.63) is 11.2 Å². The van der Waals surface area contributed by atoms with Crippen molar-refractivity contribution in [1.82, 2.24) is 9.97 Å². The Kier molecular flexibility index (Phi) is 5.16. The van der Waals surface area contributed by atoms with Gasteiger partial charge in [-0.3, -0.25) is 0 Å². The molecule has 1 atom stereocenters. The molecule has 5 nitrogen and oxygen atoms in total. The summed E-state index contributed by atoms with van der Waals surface area (Å²) in [5, 5.41) is 15.8. The number of aliphatic hydroxyl groups excluding tert-OH is 1. The first kappa shape index (κ1) is 15.0. The van der Waals surface area contributed by atoms with Crippen molar-refractivity contribution in [2.45, 2.75) is 33.2 Å². The van der Waals surface area contributed by atoms with Crippen LogP contribution in [-0.2, 0) is 0 Å². The lowest BCUT2D eigenvalue weighted by atomic mass is 9.85. The molecule has 0 fully saturated rings. The van der Waals surface area contributed by atoms with Crippen molar-refractivity contribution >= 4 is 23.4 Å². The SMILES string of the molecule is CNc1ncc(Cl)c(NC(CCO)C(C)(C)C)n1. The van der Waals surface area contributed by atoms with Gasteiger partial charge in [-0.05, 0) is 11.8 Å². The molecule has 1 aromatic rings. The second-order valence-corrected chi connectivity index (χ2v) is 5.62. The van der Waals surface area contributed by atoms with Crippen LogP contribution in [-0.4, -0.2) is 34.8 Å². The summed E-state index contributed by atoms with van der Waals surface area (Å²) in [5.41, 5.74) is -0.00316. The third-order valence-electron chi connectivity index (χ3n) is 2.74. The summed E-state index contributed by atoms with van der Waals surface area (Å²) in [6.07, 6.45) is 2.19. The minimum absolute atomic E-state index is 0.00316. The number of halogens is 1. The van der Waals surface area contributed by atoms with E-state index < -0.39 is 0 Å². The molecule has 0 aromatic carbocycles. The molecule has 18 heavy (non-hydrogen) atoms. The van der Waals surface area contributed by atoms with E-state index >= 15 is 0 Å². The van der Waals surface area contributed by atoms with Gasteiger partial charge in [0.1, 0.15) is 5.02 Å². The highest BCUT2D eigenvalue weighted by Gasteiger charge is 2.25. The fourth-order valence-electron chi connectivity index (χ4n) is 1.60. The molecule has 3 N–H and O–H groups in total. The van der Waals surface area contributed by atoms with Gasteiger partial charge >= 0.3 is 0 Å². The molecule has 0 aliphatic carbocycles. The first-order chi connectivity index (χ1) is 8.38. The van der Waals surface area contributed by atoms with Crippen LogP contribution < -0.4 is 10.6 Å². The molecule has 0 spiro atoms. The zero-order valence-corrected chi connectivity index (χ0v) is 12.0. The maximum atomic E-state index is 9.13. The smallest absolute Gasteiger partial charge is 0.224 e. The average Bonchev–Trinajstić information content (AvgIpc) is 2.30. The van der Waals surface area contributed by atoms with Gasteiger partial charge in [0.15, 0.2) is 5.82 Å². The predicted octanol–water partition coefficient (Wildman–Crippen LogP) is 2.38. The third-order valence-corrected chi connectivity index (χ3v) is 3.02. The first-order valence-electron chi connectivity index (χ1n) is 5.96. The van der Waals surface area contributed by atoms with E-state index in [4.69, 9.17) is 16.7 Å². The lowest BCUT2D eigenvalue weighted by molar-refractivity contribution is 0.235. The molecule has 1 unspecified atom stereocenters. The van der Waals surface area contributed by atoms with Crippen LogP contribution in [0.2, 0.25) is 5.02 Å². The molecular weight excluding hydrogens is 252 g/mol. The molecule has 0 aliphatic rings. The van der Waals surface area contributed by atoms with Crippen LogP contribution in [0.3, 0.4) is 0 Å². The number of anilines is 2. The summed E-state index contributed by atoms with van der Waals surface area (Å²) in [4.78, 5) is 8.31. The van der Waals surface area contributed by atoms with E-state index in [-0.39, 0.29) is 18.1 Å². The van der Waals surface area contributed by atoms with Crippen LogP contribution in [0, 0.1) is 5.41 Å². The van der Waals surface area contributed by atoms with Crippen molar-refractivity contribution < 1.29 is 5.11 Å². The molecule has 0 radical (unpaired) electrons. The number of hydrogen-bond acceptors (Lipinski definition) is 5. The molecule has 1 aromatic heterocycles. The van der Waals surface area contributed by atoms with Gasteiger partial charge in [0.2, 0.25) is 5.95 Å². The van der Waals surface area contributed by atoms with Crippen LogP contribution >= 0.6 is 11.6 Å². The van der Waals surface area contributed by atoms with E-state index in [1.54, 1.807) is 13.2 Å². The largest absolute Gasteiger partial charge is 0.396 e. The van der Waals surface area contributed by atoms with Gasteiger partial charge in [0, 0.05) is 19.7 Å². The van der Waals surface area contributed by atoms with E-state index in [2.05, 4.69) is 41.4 Å². The summed E-state index contributed by atoms with van der Waals surface area (Å²) in [5.74, 6) is 1.10. The fourth-order valence-corrected chi connectivity index (χ4v) is 1.75. The van der Waals surface area contributed by atoms with E-state index in [0.29, 0.717) is 23.2 Å². The maximum Gasteiger partial charge on any atom is 0.224 e. The molecule has 0 bridgehead atoms. The van der Waals surface area contributed by atoms with Crippen LogP contribution in [0.25, 0.3) is 0 Å². The third kappa shape index (κ3) is 3.99. The average molecular weight is 273 g/mol. The van der Waals surface area contributed by atoms with Crippen molar-refractivity contribution in [1.29, 1.82) is 0 Å². The van der Waals surface area contributed by atoms with Crippen LogP contribution in [0.5, 0.6) is 0 Å². The Balaban J connectivity index is 2.92. The zero-order chi connectivity index (χ0) is 13.8. The molecule has 0 amide bonds. The Morgan fingerprint density at radius 2 is 2.11 bits per heavy atom. The predicted molar refractivity (Wildman–Crippen MR) is 75.2 cm³/mol. The van der Waals surface area contributed by atoms with Crippen LogP contribution in [0.1, 0.15) is 27.2 Å². The lowest BCUT2D eigenvalue weighted by Crippen LogP contribution is -2.35. The summed E-state index contributed by atoms with van der Waals surface area (Å²) in [6, 6.07) is 0.0830. The Morgan fingerprint density at radius 1 is 1.44 bits per heavy atom. The number of aromatic nitrogens is 2. The van der Waals surface area contributed by atoms with Crippen LogP contribution in [0.15, 0.2) is 6.20 Å². The molecule has 0 aliphatic heterocycles. The number of nitrogens with zero attached hydrogens (tertiary/aromatic N) is 2. The van der Waals surface area contributed by atoms with Crippen LogP contribution in [0.4, 0.5) is 11.8 Å². The van der Waals surface area contributed by atoms with Crippen molar-refractivity contribution in [3.8, 4) is 0 Å². The minimum atomic E-state index is -0.00316. The van der Waals surface area contributed by atoms with Gasteiger partial charge < -0.3 is 15.7 Å². The molecule has 1 heterocycles. The van der Waals surface area contributed by atoms with Crippen molar-refractivity contribution in [3.63, 3.8) is 0 Å². The Morgan fingerprint density at radius 3 is 2.61 bits per heavy atom. The minimum Gasteiger partial charge on any atom is -0.396 e. The van der Waals surface area contributed by atoms with Gasteiger partial charge in [0.05, 0.1) is 6.20 Å². The number of rotatable bonds is 5. The molecular formula is C12H21ClN4O. The number of hydrogen-bond donors (Lipinski definition) is 3. The Labute approximate surface area is 113 Å². The van der Waals surface area contributed by atoms with Gasteiger partial charge in [-0.25, -0.2) is 4.98 Å². The van der Waals surface area contributed by atoms with E-state index in [9.17, 15) is 0 Å². The van der Waals surface area contributed by atoms with Crippen molar-refractivity contribution in [2.24, 2.45) is 5.41 Å². The Hall–Kier alpha value is -1.07. The fraction of sp³-hybridized carbons (Fsp3) is 0.667. The second kappa shape index (κ2) is 6.20. The zero-order valence-electron chi connectivity index (χ0n) is 11.3. The Bertz CT molecular complexity index is 392. The first-order valence-corrected chi connectivity index (χ1v) is 6.34. The van der Waals surface area contributed by atoms with E-state index in [1.807, 2.05) is 0 Å². The highest BCUT2D eigenvalue weighted by atomic mass is 35.5. The molecule has 6 heteroatoms. The monoisotopic (exact) mass is 272 g/mol. The number of aliphatic hydroxyl groups is 1. The molecule has 0 saturated heterocycles. The maximum absolute atomic E-state index is 9.13.